The predicted molar refractivity (Wildman–Crippen MR) is 75.7 cm³/mol. The number of methoxy groups -OCH3 is 1. The lowest BCUT2D eigenvalue weighted by atomic mass is 10.0. The molecule has 2 aromatic rings. The van der Waals surface area contributed by atoms with Gasteiger partial charge in [-0.25, -0.2) is 9.97 Å². The molecule has 0 spiro atoms. The Balaban J connectivity index is 2.20. The summed E-state index contributed by atoms with van der Waals surface area (Å²) in [6, 6.07) is 6.87. The molecule has 2 N–H and O–H groups in total. The highest BCUT2D eigenvalue weighted by atomic mass is 35.5. The fourth-order valence-corrected chi connectivity index (χ4v) is 2.19. The molecule has 0 bridgehead atoms. The molecule has 0 aliphatic rings. The van der Waals surface area contributed by atoms with E-state index in [1.54, 1.807) is 19.2 Å². The molecule has 0 aliphatic carbocycles. The molecule has 0 fully saturated rings. The molecule has 0 amide bonds. The SMILES string of the molecule is COc1cc(CC(N)c2cccc(Cl)c2Cl)ncn1. The van der Waals surface area contributed by atoms with E-state index >= 15 is 0 Å². The monoisotopic (exact) mass is 297 g/mol. The largest absolute Gasteiger partial charge is 0.481 e. The van der Waals surface area contributed by atoms with E-state index in [0.29, 0.717) is 22.3 Å². The molecule has 1 atom stereocenters. The normalized spacial score (nSPS) is 12.2. The minimum absolute atomic E-state index is 0.286. The quantitative estimate of drug-likeness (QED) is 0.942. The highest BCUT2D eigenvalue weighted by Crippen LogP contribution is 2.30. The first-order valence-corrected chi connectivity index (χ1v) is 6.42. The highest BCUT2D eigenvalue weighted by Gasteiger charge is 2.14. The number of benzene rings is 1. The van der Waals surface area contributed by atoms with Crippen molar-refractivity contribution in [2.45, 2.75) is 12.5 Å². The highest BCUT2D eigenvalue weighted by molar-refractivity contribution is 6.42. The van der Waals surface area contributed by atoms with Gasteiger partial charge in [0.15, 0.2) is 0 Å². The van der Waals surface area contributed by atoms with E-state index in [1.807, 2.05) is 12.1 Å². The molecular formula is C13H13Cl2N3O. The molecule has 2 rings (SSSR count). The first-order valence-electron chi connectivity index (χ1n) is 5.66. The third-order valence-corrected chi connectivity index (χ3v) is 3.55. The fourth-order valence-electron chi connectivity index (χ4n) is 1.74. The summed E-state index contributed by atoms with van der Waals surface area (Å²) in [4.78, 5) is 8.11. The van der Waals surface area contributed by atoms with E-state index in [4.69, 9.17) is 33.7 Å². The summed E-state index contributed by atoms with van der Waals surface area (Å²) >= 11 is 12.1. The summed E-state index contributed by atoms with van der Waals surface area (Å²) in [5.74, 6) is 0.509. The molecule has 1 unspecified atom stereocenters. The van der Waals surface area contributed by atoms with E-state index in [0.717, 1.165) is 11.3 Å². The van der Waals surface area contributed by atoms with Crippen LogP contribution in [0.4, 0.5) is 0 Å². The topological polar surface area (TPSA) is 61.0 Å². The van der Waals surface area contributed by atoms with Gasteiger partial charge in [-0.1, -0.05) is 35.3 Å². The van der Waals surface area contributed by atoms with Crippen LogP contribution >= 0.6 is 23.2 Å². The second-order valence-corrected chi connectivity index (χ2v) is 4.79. The molecule has 1 heterocycles. The van der Waals surface area contributed by atoms with E-state index in [-0.39, 0.29) is 6.04 Å². The van der Waals surface area contributed by atoms with Crippen LogP contribution in [0, 0.1) is 0 Å². The Morgan fingerprint density at radius 1 is 1.32 bits per heavy atom. The van der Waals surface area contributed by atoms with Crippen molar-refractivity contribution >= 4 is 23.2 Å². The van der Waals surface area contributed by atoms with Gasteiger partial charge in [0.2, 0.25) is 5.88 Å². The Morgan fingerprint density at radius 3 is 2.84 bits per heavy atom. The average molecular weight is 298 g/mol. The number of rotatable bonds is 4. The van der Waals surface area contributed by atoms with Gasteiger partial charge in [0.05, 0.1) is 17.2 Å². The van der Waals surface area contributed by atoms with Crippen LogP contribution < -0.4 is 10.5 Å². The van der Waals surface area contributed by atoms with Gasteiger partial charge in [0.1, 0.15) is 6.33 Å². The average Bonchev–Trinajstić information content (AvgIpc) is 2.42. The zero-order valence-electron chi connectivity index (χ0n) is 10.3. The Morgan fingerprint density at radius 2 is 2.11 bits per heavy atom. The molecule has 0 aliphatic heterocycles. The molecule has 6 heteroatoms. The number of ether oxygens (including phenoxy) is 1. The van der Waals surface area contributed by atoms with Gasteiger partial charge in [-0.15, -0.1) is 0 Å². The predicted octanol–water partition coefficient (Wildman–Crippen LogP) is 3.03. The molecular weight excluding hydrogens is 285 g/mol. The second kappa shape index (κ2) is 6.19. The van der Waals surface area contributed by atoms with Crippen molar-refractivity contribution < 1.29 is 4.74 Å². The zero-order chi connectivity index (χ0) is 13.8. The number of hydrogen-bond donors (Lipinski definition) is 1. The van der Waals surface area contributed by atoms with Crippen LogP contribution in [-0.2, 0) is 6.42 Å². The minimum Gasteiger partial charge on any atom is -0.481 e. The van der Waals surface area contributed by atoms with Crippen LogP contribution in [0.15, 0.2) is 30.6 Å². The molecule has 100 valence electrons. The third-order valence-electron chi connectivity index (χ3n) is 2.72. The number of halogens is 2. The zero-order valence-corrected chi connectivity index (χ0v) is 11.8. The number of aromatic nitrogens is 2. The Bertz CT molecular complexity index is 578. The molecule has 0 radical (unpaired) electrons. The van der Waals surface area contributed by atoms with E-state index in [2.05, 4.69) is 9.97 Å². The third kappa shape index (κ3) is 3.35. The van der Waals surface area contributed by atoms with Crippen molar-refractivity contribution in [1.82, 2.24) is 9.97 Å². The molecule has 19 heavy (non-hydrogen) atoms. The Hall–Kier alpha value is -1.36. The smallest absolute Gasteiger partial charge is 0.216 e. The summed E-state index contributed by atoms with van der Waals surface area (Å²) in [7, 11) is 1.56. The standard InChI is InChI=1S/C13H13Cl2N3O/c1-19-12-6-8(17-7-18-12)5-11(16)9-3-2-4-10(14)13(9)15/h2-4,6-7,11H,5,16H2,1H3. The molecule has 4 nitrogen and oxygen atoms in total. The van der Waals surface area contributed by atoms with E-state index in [1.165, 1.54) is 6.33 Å². The van der Waals surface area contributed by atoms with Crippen molar-refractivity contribution in [3.05, 3.63) is 51.9 Å². The Kier molecular flexibility index (Phi) is 4.58. The minimum atomic E-state index is -0.286. The Labute approximate surface area is 121 Å². The first kappa shape index (κ1) is 14.1. The van der Waals surface area contributed by atoms with E-state index in [9.17, 15) is 0 Å². The second-order valence-electron chi connectivity index (χ2n) is 4.01. The van der Waals surface area contributed by atoms with Gasteiger partial charge in [0, 0.05) is 24.2 Å². The molecule has 1 aromatic carbocycles. The maximum atomic E-state index is 6.14. The van der Waals surface area contributed by atoms with Crippen molar-refractivity contribution in [2.24, 2.45) is 5.73 Å². The maximum absolute atomic E-state index is 6.14. The lowest BCUT2D eigenvalue weighted by molar-refractivity contribution is 0.395. The number of hydrogen-bond acceptors (Lipinski definition) is 4. The van der Waals surface area contributed by atoms with Gasteiger partial charge >= 0.3 is 0 Å². The molecule has 0 saturated carbocycles. The fraction of sp³-hybridized carbons (Fsp3) is 0.231. The van der Waals surface area contributed by atoms with Crippen LogP contribution in [0.5, 0.6) is 5.88 Å². The van der Waals surface area contributed by atoms with Crippen molar-refractivity contribution in [1.29, 1.82) is 0 Å². The lowest BCUT2D eigenvalue weighted by Crippen LogP contribution is -2.15. The van der Waals surface area contributed by atoms with Crippen LogP contribution in [0.25, 0.3) is 0 Å². The van der Waals surface area contributed by atoms with Gasteiger partial charge in [-0.3, -0.25) is 0 Å². The van der Waals surface area contributed by atoms with Crippen molar-refractivity contribution in [3.63, 3.8) is 0 Å². The first-order chi connectivity index (χ1) is 9.11. The van der Waals surface area contributed by atoms with Crippen LogP contribution in [-0.4, -0.2) is 17.1 Å². The van der Waals surface area contributed by atoms with Gasteiger partial charge in [-0.2, -0.15) is 0 Å². The summed E-state index contributed by atoms with van der Waals surface area (Å²) < 4.78 is 5.05. The van der Waals surface area contributed by atoms with Gasteiger partial charge < -0.3 is 10.5 Å². The number of nitrogens with zero attached hydrogens (tertiary/aromatic N) is 2. The van der Waals surface area contributed by atoms with Crippen LogP contribution in [0.1, 0.15) is 17.3 Å². The van der Waals surface area contributed by atoms with Crippen molar-refractivity contribution in [3.8, 4) is 5.88 Å². The van der Waals surface area contributed by atoms with Crippen molar-refractivity contribution in [2.75, 3.05) is 7.11 Å². The summed E-state index contributed by atoms with van der Waals surface area (Å²) in [6.07, 6.45) is 1.97. The van der Waals surface area contributed by atoms with E-state index < -0.39 is 0 Å². The maximum Gasteiger partial charge on any atom is 0.216 e. The lowest BCUT2D eigenvalue weighted by Gasteiger charge is -2.14. The van der Waals surface area contributed by atoms with Crippen LogP contribution in [0.3, 0.4) is 0 Å². The summed E-state index contributed by atoms with van der Waals surface area (Å²) in [5.41, 5.74) is 7.73. The number of nitrogens with two attached hydrogens (primary N) is 1. The van der Waals surface area contributed by atoms with Gasteiger partial charge in [-0.05, 0) is 11.6 Å². The van der Waals surface area contributed by atoms with Crippen LogP contribution in [0.2, 0.25) is 10.0 Å². The summed E-state index contributed by atoms with van der Waals surface area (Å²) in [5, 5.41) is 0.979. The molecule has 0 saturated heterocycles. The molecule has 1 aromatic heterocycles. The van der Waals surface area contributed by atoms with Gasteiger partial charge in [0.25, 0.3) is 0 Å². The summed E-state index contributed by atoms with van der Waals surface area (Å²) in [6.45, 7) is 0.